The quantitative estimate of drug-likeness (QED) is 0.647. The first-order valence-electron chi connectivity index (χ1n) is 7.04. The number of sulfone groups is 1. The van der Waals surface area contributed by atoms with E-state index in [1.807, 2.05) is 0 Å². The Kier molecular flexibility index (Phi) is 4.54. The van der Waals surface area contributed by atoms with Crippen molar-refractivity contribution in [3.05, 3.63) is 76.8 Å². The van der Waals surface area contributed by atoms with Crippen LogP contribution in [0.2, 0.25) is 10.0 Å². The second-order valence-electron chi connectivity index (χ2n) is 5.22. The second-order valence-corrected chi connectivity index (χ2v) is 8.01. The number of rotatable bonds is 3. The molecule has 3 nitrogen and oxygen atoms in total. The van der Waals surface area contributed by atoms with E-state index in [2.05, 4.69) is 0 Å². The van der Waals surface area contributed by atoms with Gasteiger partial charge in [-0.3, -0.25) is 0 Å². The van der Waals surface area contributed by atoms with Crippen LogP contribution in [0.4, 0.5) is 5.69 Å². The van der Waals surface area contributed by atoms with Crippen molar-refractivity contribution in [1.82, 2.24) is 0 Å². The number of anilines is 1. The molecule has 0 aliphatic carbocycles. The highest BCUT2D eigenvalue weighted by Gasteiger charge is 2.22. The van der Waals surface area contributed by atoms with Crippen LogP contribution in [0, 0.1) is 0 Å². The van der Waals surface area contributed by atoms with Gasteiger partial charge in [-0.05, 0) is 60.2 Å². The number of halogens is 2. The summed E-state index contributed by atoms with van der Waals surface area (Å²) in [7, 11) is -3.71. The minimum absolute atomic E-state index is 0.172. The van der Waals surface area contributed by atoms with Gasteiger partial charge in [0, 0.05) is 21.3 Å². The third kappa shape index (κ3) is 3.26. The lowest BCUT2D eigenvalue weighted by atomic mass is 10.1. The number of nitrogen functional groups attached to an aromatic ring is 1. The van der Waals surface area contributed by atoms with E-state index in [0.29, 0.717) is 21.3 Å². The number of benzene rings is 3. The summed E-state index contributed by atoms with van der Waals surface area (Å²) < 4.78 is 26.0. The lowest BCUT2D eigenvalue weighted by molar-refractivity contribution is 0.596. The molecule has 0 fully saturated rings. The van der Waals surface area contributed by atoms with E-state index in [4.69, 9.17) is 28.9 Å². The van der Waals surface area contributed by atoms with Crippen LogP contribution in [0.5, 0.6) is 0 Å². The highest BCUT2D eigenvalue weighted by molar-refractivity contribution is 7.91. The standard InChI is InChI=1S/C18H13Cl2NO2S/c19-13-3-8-16(9-4-13)24(22,23)18-10-5-14(20)11-17(18)12-1-6-15(21)7-2-12/h1-11H,21H2. The summed E-state index contributed by atoms with van der Waals surface area (Å²) >= 11 is 11.9. The molecule has 0 aromatic heterocycles. The molecule has 24 heavy (non-hydrogen) atoms. The summed E-state index contributed by atoms with van der Waals surface area (Å²) in [6.07, 6.45) is 0. The van der Waals surface area contributed by atoms with Gasteiger partial charge in [0.05, 0.1) is 9.79 Å². The molecule has 0 unspecified atom stereocenters. The van der Waals surface area contributed by atoms with E-state index in [9.17, 15) is 8.42 Å². The fraction of sp³-hybridized carbons (Fsp3) is 0. The van der Waals surface area contributed by atoms with E-state index >= 15 is 0 Å². The Balaban J connectivity index is 2.21. The molecule has 6 heteroatoms. The van der Waals surface area contributed by atoms with Gasteiger partial charge >= 0.3 is 0 Å². The van der Waals surface area contributed by atoms with Gasteiger partial charge in [-0.25, -0.2) is 8.42 Å². The summed E-state index contributed by atoms with van der Waals surface area (Å²) in [5.74, 6) is 0. The molecule has 0 aliphatic heterocycles. The molecule has 0 amide bonds. The summed E-state index contributed by atoms with van der Waals surface area (Å²) in [6, 6.07) is 17.7. The van der Waals surface area contributed by atoms with Gasteiger partial charge in [0.2, 0.25) is 9.84 Å². The predicted octanol–water partition coefficient (Wildman–Crippen LogP) is 5.08. The monoisotopic (exact) mass is 377 g/mol. The Labute approximate surface area is 150 Å². The average Bonchev–Trinajstić information content (AvgIpc) is 2.55. The molecular weight excluding hydrogens is 365 g/mol. The van der Waals surface area contributed by atoms with E-state index in [1.165, 1.54) is 18.2 Å². The number of hydrogen-bond acceptors (Lipinski definition) is 3. The topological polar surface area (TPSA) is 60.2 Å². The van der Waals surface area contributed by atoms with Gasteiger partial charge in [0.1, 0.15) is 0 Å². The van der Waals surface area contributed by atoms with Crippen molar-refractivity contribution < 1.29 is 8.42 Å². The summed E-state index contributed by atoms with van der Waals surface area (Å²) in [6.45, 7) is 0. The van der Waals surface area contributed by atoms with Crippen molar-refractivity contribution in [1.29, 1.82) is 0 Å². The maximum Gasteiger partial charge on any atom is 0.207 e. The second kappa shape index (κ2) is 6.48. The van der Waals surface area contributed by atoms with Crippen molar-refractivity contribution in [2.45, 2.75) is 9.79 Å². The molecule has 0 saturated carbocycles. The number of nitrogens with two attached hydrogens (primary N) is 1. The fourth-order valence-electron chi connectivity index (χ4n) is 2.37. The fourth-order valence-corrected chi connectivity index (χ4v) is 4.13. The molecule has 0 heterocycles. The van der Waals surface area contributed by atoms with Gasteiger partial charge < -0.3 is 5.73 Å². The smallest absolute Gasteiger partial charge is 0.207 e. The van der Waals surface area contributed by atoms with Gasteiger partial charge in [-0.1, -0.05) is 35.3 Å². The van der Waals surface area contributed by atoms with Crippen LogP contribution in [0.3, 0.4) is 0 Å². The Hall–Kier alpha value is -2.01. The largest absolute Gasteiger partial charge is 0.399 e. The van der Waals surface area contributed by atoms with Gasteiger partial charge in [-0.15, -0.1) is 0 Å². The van der Waals surface area contributed by atoms with Crippen molar-refractivity contribution in [3.8, 4) is 11.1 Å². The van der Waals surface area contributed by atoms with Crippen LogP contribution in [0.15, 0.2) is 76.5 Å². The van der Waals surface area contributed by atoms with E-state index < -0.39 is 9.84 Å². The van der Waals surface area contributed by atoms with Gasteiger partial charge in [0.15, 0.2) is 0 Å². The Morgan fingerprint density at radius 3 is 1.96 bits per heavy atom. The van der Waals surface area contributed by atoms with Gasteiger partial charge in [0.25, 0.3) is 0 Å². The minimum atomic E-state index is -3.71. The maximum atomic E-state index is 13.0. The Morgan fingerprint density at radius 1 is 0.750 bits per heavy atom. The highest BCUT2D eigenvalue weighted by atomic mass is 35.5. The van der Waals surface area contributed by atoms with Crippen LogP contribution in [-0.2, 0) is 9.84 Å². The first kappa shape index (κ1) is 16.8. The third-order valence-corrected chi connectivity index (χ3v) is 5.89. The lowest BCUT2D eigenvalue weighted by Crippen LogP contribution is -2.04. The first-order valence-corrected chi connectivity index (χ1v) is 9.28. The van der Waals surface area contributed by atoms with E-state index in [-0.39, 0.29) is 9.79 Å². The molecule has 0 spiro atoms. The van der Waals surface area contributed by atoms with Crippen molar-refractivity contribution >= 4 is 38.7 Å². The molecule has 0 atom stereocenters. The minimum Gasteiger partial charge on any atom is -0.399 e. The molecule has 0 bridgehead atoms. The zero-order valence-corrected chi connectivity index (χ0v) is 14.7. The molecule has 3 aromatic rings. The maximum absolute atomic E-state index is 13.0. The molecule has 0 radical (unpaired) electrons. The van der Waals surface area contributed by atoms with E-state index in [0.717, 1.165) is 5.56 Å². The first-order chi connectivity index (χ1) is 11.4. The Morgan fingerprint density at radius 2 is 1.33 bits per heavy atom. The lowest BCUT2D eigenvalue weighted by Gasteiger charge is -2.12. The zero-order chi connectivity index (χ0) is 17.3. The van der Waals surface area contributed by atoms with Crippen LogP contribution >= 0.6 is 23.2 Å². The van der Waals surface area contributed by atoms with Crippen LogP contribution in [0.1, 0.15) is 0 Å². The molecule has 0 aliphatic rings. The summed E-state index contributed by atoms with van der Waals surface area (Å²) in [5, 5.41) is 0.931. The Bertz CT molecular complexity index is 983. The SMILES string of the molecule is Nc1ccc(-c2cc(Cl)ccc2S(=O)(=O)c2ccc(Cl)cc2)cc1. The number of hydrogen-bond donors (Lipinski definition) is 1. The zero-order valence-electron chi connectivity index (χ0n) is 12.4. The third-order valence-electron chi connectivity index (χ3n) is 3.58. The molecule has 3 aromatic carbocycles. The summed E-state index contributed by atoms with van der Waals surface area (Å²) in [5.41, 5.74) is 7.55. The van der Waals surface area contributed by atoms with Crippen LogP contribution in [0.25, 0.3) is 11.1 Å². The molecule has 3 rings (SSSR count). The molecule has 0 saturated heterocycles. The normalized spacial score (nSPS) is 11.4. The van der Waals surface area contributed by atoms with Crippen LogP contribution < -0.4 is 5.73 Å². The van der Waals surface area contributed by atoms with Crippen molar-refractivity contribution in [3.63, 3.8) is 0 Å². The average molecular weight is 378 g/mol. The highest BCUT2D eigenvalue weighted by Crippen LogP contribution is 2.34. The summed E-state index contributed by atoms with van der Waals surface area (Å²) in [4.78, 5) is 0.352. The molecule has 122 valence electrons. The van der Waals surface area contributed by atoms with E-state index in [1.54, 1.807) is 48.5 Å². The molecular formula is C18H13Cl2NO2S. The van der Waals surface area contributed by atoms with Crippen LogP contribution in [-0.4, -0.2) is 8.42 Å². The van der Waals surface area contributed by atoms with Crippen molar-refractivity contribution in [2.24, 2.45) is 0 Å². The molecule has 2 N–H and O–H groups in total. The predicted molar refractivity (Wildman–Crippen MR) is 98.2 cm³/mol. The van der Waals surface area contributed by atoms with Crippen molar-refractivity contribution in [2.75, 3.05) is 5.73 Å². The van der Waals surface area contributed by atoms with Gasteiger partial charge in [-0.2, -0.15) is 0 Å².